The molecule has 3 aromatic rings. The van der Waals surface area contributed by atoms with E-state index in [0.29, 0.717) is 11.8 Å². The second kappa shape index (κ2) is 13.9. The minimum Gasteiger partial charge on any atom is -0.385 e. The van der Waals surface area contributed by atoms with Crippen molar-refractivity contribution in [2.45, 2.75) is 82.1 Å². The van der Waals surface area contributed by atoms with E-state index < -0.39 is 23.8 Å². The average molecular weight is 678 g/mol. The highest BCUT2D eigenvalue weighted by Gasteiger charge is 2.44. The van der Waals surface area contributed by atoms with Crippen molar-refractivity contribution in [3.8, 4) is 0 Å². The molecule has 4 amide bonds. The summed E-state index contributed by atoms with van der Waals surface area (Å²) in [6.07, 6.45) is 10.9. The third-order valence-electron chi connectivity index (χ3n) is 10.7. The minimum absolute atomic E-state index is 0.0998. The highest BCUT2D eigenvalue weighted by atomic mass is 16.5. The Hall–Kier alpha value is -4.71. The summed E-state index contributed by atoms with van der Waals surface area (Å²) in [4.78, 5) is 60.9. The number of piperidine rings is 1. The molecule has 1 saturated carbocycles. The number of carbonyl (C=O) groups excluding carboxylic acids is 4. The molecular weight excluding hydrogens is 634 g/mol. The highest BCUT2D eigenvalue weighted by Crippen LogP contribution is 2.40. The van der Waals surface area contributed by atoms with Crippen LogP contribution < -0.4 is 10.6 Å². The number of nitrogens with one attached hydrogen (secondary N) is 2. The molecular formula is C38H43N7O5. The largest absolute Gasteiger partial charge is 0.385 e. The molecule has 1 aliphatic carbocycles. The van der Waals surface area contributed by atoms with Crippen LogP contribution in [0.5, 0.6) is 0 Å². The predicted molar refractivity (Wildman–Crippen MR) is 187 cm³/mol. The molecule has 2 saturated heterocycles. The second-order valence-corrected chi connectivity index (χ2v) is 14.2. The Bertz CT molecular complexity index is 1870. The lowest BCUT2D eigenvalue weighted by atomic mass is 9.91. The van der Waals surface area contributed by atoms with Crippen LogP contribution in [0, 0.1) is 5.92 Å². The Kier molecular flexibility index (Phi) is 9.03. The van der Waals surface area contributed by atoms with E-state index in [1.807, 2.05) is 6.20 Å². The molecule has 2 atom stereocenters. The van der Waals surface area contributed by atoms with Crippen molar-refractivity contribution in [3.05, 3.63) is 65.0 Å². The number of amides is 4. The van der Waals surface area contributed by atoms with Crippen molar-refractivity contribution in [3.63, 3.8) is 0 Å². The Balaban J connectivity index is 0.805. The maximum atomic E-state index is 13.1. The van der Waals surface area contributed by atoms with Gasteiger partial charge in [0.1, 0.15) is 6.04 Å². The average Bonchev–Trinajstić information content (AvgIpc) is 3.85. The number of anilines is 1. The van der Waals surface area contributed by atoms with Gasteiger partial charge in [-0.05, 0) is 92.7 Å². The molecule has 12 heteroatoms. The molecule has 1 aromatic heterocycles. The minimum atomic E-state index is -0.961. The second-order valence-electron chi connectivity index (χ2n) is 14.2. The van der Waals surface area contributed by atoms with Crippen LogP contribution in [0.2, 0.25) is 0 Å². The first-order valence-electron chi connectivity index (χ1n) is 18.2. The van der Waals surface area contributed by atoms with E-state index in [1.54, 1.807) is 18.2 Å². The van der Waals surface area contributed by atoms with E-state index in [4.69, 9.17) is 19.8 Å². The number of benzene rings is 2. The molecule has 8 rings (SSSR count). The third-order valence-corrected chi connectivity index (χ3v) is 10.7. The third kappa shape index (κ3) is 6.60. The first kappa shape index (κ1) is 32.5. The van der Waals surface area contributed by atoms with Gasteiger partial charge in [0.2, 0.25) is 11.8 Å². The number of carbonyl (C=O) groups is 4. The van der Waals surface area contributed by atoms with Crippen molar-refractivity contribution in [2.75, 3.05) is 38.2 Å². The SMILES string of the molecule is O=C1CCC(N2C(=O)c3ccc(NCCCCCCN4CC(c5cnc6ccc(C7CCOCC7)cc6n5)C(C5CC5)=N4)cc3C2=O)C(=O)N1. The van der Waals surface area contributed by atoms with Crippen LogP contribution >= 0.6 is 0 Å². The summed E-state index contributed by atoms with van der Waals surface area (Å²) >= 11 is 0. The van der Waals surface area contributed by atoms with E-state index in [-0.39, 0.29) is 35.8 Å². The number of hydrogen-bond donors (Lipinski definition) is 2. The van der Waals surface area contributed by atoms with Crippen LogP contribution in [0.15, 0.2) is 47.7 Å². The van der Waals surface area contributed by atoms with Crippen LogP contribution in [0.1, 0.15) is 108 Å². The quantitative estimate of drug-likeness (QED) is 0.205. The molecule has 12 nitrogen and oxygen atoms in total. The first-order chi connectivity index (χ1) is 24.4. The molecule has 4 aliphatic heterocycles. The predicted octanol–water partition coefficient (Wildman–Crippen LogP) is 4.76. The van der Waals surface area contributed by atoms with Crippen molar-refractivity contribution in [1.29, 1.82) is 0 Å². The van der Waals surface area contributed by atoms with Gasteiger partial charge in [-0.25, -0.2) is 4.98 Å². The number of fused-ring (bicyclic) bond motifs is 2. The standard InChI is InChI=1S/C38H43N7O5/c46-34-12-11-33(36(47)42-34)45-37(48)27-9-8-26(20-28(27)38(45)49)39-15-3-1-2-4-16-44-22-29(35(43-44)24-5-6-24)32-21-40-30-10-7-25(19-31(30)41-32)23-13-17-50-18-14-23/h7-10,19-21,23-24,29,33,39H,1-6,11-18,22H2,(H,42,46,47). The maximum absolute atomic E-state index is 13.1. The topological polar surface area (TPSA) is 146 Å². The van der Waals surface area contributed by atoms with E-state index in [1.165, 1.54) is 24.1 Å². The molecule has 2 unspecified atom stereocenters. The monoisotopic (exact) mass is 677 g/mol. The fourth-order valence-electron chi connectivity index (χ4n) is 7.79. The fraction of sp³-hybridized carbons (Fsp3) is 0.500. The summed E-state index contributed by atoms with van der Waals surface area (Å²) in [7, 11) is 0. The van der Waals surface area contributed by atoms with Crippen LogP contribution in [-0.4, -0.2) is 88.1 Å². The van der Waals surface area contributed by atoms with Crippen molar-refractivity contribution < 1.29 is 23.9 Å². The van der Waals surface area contributed by atoms with Gasteiger partial charge in [-0.1, -0.05) is 18.9 Å². The van der Waals surface area contributed by atoms with Gasteiger partial charge in [-0.2, -0.15) is 5.10 Å². The Morgan fingerprint density at radius 1 is 0.840 bits per heavy atom. The van der Waals surface area contributed by atoms with Gasteiger partial charge in [0.25, 0.3) is 11.8 Å². The molecule has 5 aliphatic rings. The Morgan fingerprint density at radius 2 is 1.66 bits per heavy atom. The van der Waals surface area contributed by atoms with Gasteiger partial charge in [0.05, 0.1) is 39.5 Å². The normalized spacial score (nSPS) is 22.7. The molecule has 0 bridgehead atoms. The summed E-state index contributed by atoms with van der Waals surface area (Å²) in [5.74, 6) is -0.691. The molecule has 0 radical (unpaired) electrons. The summed E-state index contributed by atoms with van der Waals surface area (Å²) in [6, 6.07) is 10.7. The Morgan fingerprint density at radius 3 is 2.48 bits per heavy atom. The van der Waals surface area contributed by atoms with Gasteiger partial charge in [-0.15, -0.1) is 0 Å². The summed E-state index contributed by atoms with van der Waals surface area (Å²) < 4.78 is 5.57. The van der Waals surface area contributed by atoms with E-state index in [2.05, 4.69) is 33.8 Å². The summed E-state index contributed by atoms with van der Waals surface area (Å²) in [6.45, 7) is 4.16. The lowest BCUT2D eigenvalue weighted by Crippen LogP contribution is -2.54. The number of ether oxygens (including phenoxy) is 1. The number of rotatable bonds is 12. The van der Waals surface area contributed by atoms with Crippen LogP contribution in [0.4, 0.5) is 5.69 Å². The van der Waals surface area contributed by atoms with E-state index in [0.717, 1.165) is 98.7 Å². The number of aromatic nitrogens is 2. The van der Waals surface area contributed by atoms with Gasteiger partial charge < -0.3 is 10.1 Å². The molecule has 2 aromatic carbocycles. The lowest BCUT2D eigenvalue weighted by Gasteiger charge is -2.27. The number of nitrogens with zero attached hydrogens (tertiary/aromatic N) is 5. The van der Waals surface area contributed by atoms with Crippen LogP contribution in [0.3, 0.4) is 0 Å². The van der Waals surface area contributed by atoms with Crippen molar-refractivity contribution in [2.24, 2.45) is 11.0 Å². The summed E-state index contributed by atoms with van der Waals surface area (Å²) in [5, 5.41) is 12.9. The van der Waals surface area contributed by atoms with E-state index in [9.17, 15) is 19.2 Å². The van der Waals surface area contributed by atoms with Crippen LogP contribution in [0.25, 0.3) is 11.0 Å². The molecule has 0 spiro atoms. The van der Waals surface area contributed by atoms with Gasteiger partial charge >= 0.3 is 0 Å². The van der Waals surface area contributed by atoms with Gasteiger partial charge in [0.15, 0.2) is 0 Å². The summed E-state index contributed by atoms with van der Waals surface area (Å²) in [5.41, 5.74) is 6.89. The zero-order valence-corrected chi connectivity index (χ0v) is 28.2. The van der Waals surface area contributed by atoms with Gasteiger partial charge in [0, 0.05) is 51.2 Å². The zero-order chi connectivity index (χ0) is 34.2. The fourth-order valence-corrected chi connectivity index (χ4v) is 7.79. The molecule has 3 fully saturated rings. The zero-order valence-electron chi connectivity index (χ0n) is 28.2. The van der Waals surface area contributed by atoms with Gasteiger partial charge in [-0.3, -0.25) is 39.4 Å². The van der Waals surface area contributed by atoms with E-state index >= 15 is 0 Å². The van der Waals surface area contributed by atoms with Crippen molar-refractivity contribution >= 4 is 46.1 Å². The number of unbranched alkanes of at least 4 members (excludes halogenated alkanes) is 3. The van der Waals surface area contributed by atoms with Crippen molar-refractivity contribution in [1.82, 2.24) is 25.2 Å². The number of hydrazone groups is 1. The number of hydrogen-bond acceptors (Lipinski definition) is 10. The molecule has 2 N–H and O–H groups in total. The molecule has 5 heterocycles. The first-order valence-corrected chi connectivity index (χ1v) is 18.2. The Labute approximate surface area is 291 Å². The number of imide groups is 2. The highest BCUT2D eigenvalue weighted by molar-refractivity contribution is 6.23. The molecule has 50 heavy (non-hydrogen) atoms. The lowest BCUT2D eigenvalue weighted by molar-refractivity contribution is -0.136. The maximum Gasteiger partial charge on any atom is 0.262 e. The smallest absolute Gasteiger partial charge is 0.262 e. The van der Waals surface area contributed by atoms with Crippen LogP contribution in [-0.2, 0) is 14.3 Å². The molecule has 260 valence electrons.